The number of hydrazine groups is 1. The Balaban J connectivity index is 1.84. The number of aliphatic carboxylic acids is 1. The first-order valence-corrected chi connectivity index (χ1v) is 12.3. The van der Waals surface area contributed by atoms with Gasteiger partial charge in [0, 0.05) is 12.2 Å². The number of hydrogen-bond donors (Lipinski definition) is 3. The van der Waals surface area contributed by atoms with E-state index < -0.39 is 35.0 Å². The molecule has 11 heteroatoms. The van der Waals surface area contributed by atoms with E-state index in [1.807, 2.05) is 0 Å². The van der Waals surface area contributed by atoms with Crippen LogP contribution in [0.4, 0.5) is 11.4 Å². The van der Waals surface area contributed by atoms with Crippen molar-refractivity contribution in [1.29, 1.82) is 0 Å². The van der Waals surface area contributed by atoms with Crippen molar-refractivity contribution in [3.63, 3.8) is 0 Å². The maximum atomic E-state index is 14.1. The number of hydrogen-bond acceptors (Lipinski definition) is 6. The molecule has 3 aromatic carbocycles. The fourth-order valence-corrected chi connectivity index (χ4v) is 4.70. The number of para-hydroxylation sites is 2. The molecular formula is C27H23ClN4O5S. The molecule has 3 amide bonds. The molecule has 1 fully saturated rings. The maximum absolute atomic E-state index is 14.1. The molecule has 194 valence electrons. The molecule has 1 aliphatic rings. The highest BCUT2D eigenvalue weighted by molar-refractivity contribution is 7.80. The first kappa shape index (κ1) is 26.8. The predicted octanol–water partition coefficient (Wildman–Crippen LogP) is 3.96. The molecule has 3 N–H and O–H groups in total. The number of nitrogens with one attached hydrogen (secondary N) is 2. The van der Waals surface area contributed by atoms with Crippen molar-refractivity contribution < 1.29 is 24.3 Å². The average molecular weight is 551 g/mol. The molecule has 3 aromatic rings. The zero-order valence-electron chi connectivity index (χ0n) is 20.1. The summed E-state index contributed by atoms with van der Waals surface area (Å²) < 4.78 is 0. The Morgan fingerprint density at radius 2 is 1.53 bits per heavy atom. The van der Waals surface area contributed by atoms with E-state index in [4.69, 9.17) is 23.8 Å². The monoisotopic (exact) mass is 550 g/mol. The lowest BCUT2D eigenvalue weighted by molar-refractivity contribution is -0.162. The van der Waals surface area contributed by atoms with Crippen LogP contribution in [0.15, 0.2) is 84.9 Å². The molecule has 2 unspecified atom stereocenters. The molecule has 4 rings (SSSR count). The summed E-state index contributed by atoms with van der Waals surface area (Å²) in [7, 11) is 0. The van der Waals surface area contributed by atoms with Gasteiger partial charge < -0.3 is 10.4 Å². The highest BCUT2D eigenvalue weighted by Crippen LogP contribution is 2.39. The number of amides is 3. The third-order valence-corrected chi connectivity index (χ3v) is 7.05. The van der Waals surface area contributed by atoms with E-state index in [-0.39, 0.29) is 22.2 Å². The number of thiocarbonyl (C=S) groups is 1. The molecular weight excluding hydrogens is 528 g/mol. The van der Waals surface area contributed by atoms with E-state index in [9.17, 15) is 24.3 Å². The highest BCUT2D eigenvalue weighted by atomic mass is 35.5. The molecule has 0 saturated carbocycles. The van der Waals surface area contributed by atoms with E-state index in [0.29, 0.717) is 11.4 Å². The second-order valence-corrected chi connectivity index (χ2v) is 9.34. The lowest BCUT2D eigenvalue weighted by atomic mass is 9.72. The van der Waals surface area contributed by atoms with Gasteiger partial charge in [0.1, 0.15) is 0 Å². The number of benzene rings is 3. The van der Waals surface area contributed by atoms with Crippen LogP contribution in [0.3, 0.4) is 0 Å². The van der Waals surface area contributed by atoms with Gasteiger partial charge in [0.2, 0.25) is 5.11 Å². The molecule has 0 spiro atoms. The SMILES string of the molecule is CC(C(=O)O)C1(CNc2ccccc2)C(=O)N(NC(=O)c2ccccc2Cl)C(=S)N(c2ccccc2)C1=O. The molecule has 0 radical (unpaired) electrons. The summed E-state index contributed by atoms with van der Waals surface area (Å²) in [6.45, 7) is 0.892. The van der Waals surface area contributed by atoms with Crippen molar-refractivity contribution in [1.82, 2.24) is 10.4 Å². The Morgan fingerprint density at radius 1 is 0.947 bits per heavy atom. The molecule has 2 atom stereocenters. The van der Waals surface area contributed by atoms with Crippen molar-refractivity contribution in [3.05, 3.63) is 95.5 Å². The maximum Gasteiger partial charge on any atom is 0.307 e. The van der Waals surface area contributed by atoms with Crippen LogP contribution in [0.2, 0.25) is 5.02 Å². The Morgan fingerprint density at radius 3 is 2.13 bits per heavy atom. The second kappa shape index (κ2) is 11.0. The van der Waals surface area contributed by atoms with Gasteiger partial charge >= 0.3 is 5.97 Å². The fourth-order valence-electron chi connectivity index (χ4n) is 4.16. The number of anilines is 2. The average Bonchev–Trinajstić information content (AvgIpc) is 2.92. The first-order chi connectivity index (χ1) is 18.2. The number of carbonyl (C=O) groups excluding carboxylic acids is 3. The molecule has 1 saturated heterocycles. The van der Waals surface area contributed by atoms with Crippen LogP contribution in [-0.4, -0.2) is 45.5 Å². The molecule has 38 heavy (non-hydrogen) atoms. The topological polar surface area (TPSA) is 119 Å². The third-order valence-electron chi connectivity index (χ3n) is 6.35. The number of carbonyl (C=O) groups is 4. The van der Waals surface area contributed by atoms with Gasteiger partial charge in [-0.25, -0.2) is 0 Å². The number of carboxylic acids is 1. The van der Waals surface area contributed by atoms with Crippen molar-refractivity contribution in [3.8, 4) is 0 Å². The minimum Gasteiger partial charge on any atom is -0.481 e. The van der Waals surface area contributed by atoms with Gasteiger partial charge in [-0.05, 0) is 48.6 Å². The van der Waals surface area contributed by atoms with Crippen LogP contribution in [0.1, 0.15) is 17.3 Å². The number of halogens is 1. The molecule has 1 heterocycles. The Hall–Kier alpha value is -4.28. The van der Waals surface area contributed by atoms with E-state index in [1.54, 1.807) is 72.8 Å². The van der Waals surface area contributed by atoms with Crippen LogP contribution in [0.5, 0.6) is 0 Å². The summed E-state index contributed by atoms with van der Waals surface area (Å²) in [6, 6.07) is 23.2. The van der Waals surface area contributed by atoms with Crippen LogP contribution >= 0.6 is 23.8 Å². The Labute approximate surface area is 229 Å². The summed E-state index contributed by atoms with van der Waals surface area (Å²) >= 11 is 11.7. The van der Waals surface area contributed by atoms with E-state index in [1.165, 1.54) is 19.1 Å². The third kappa shape index (κ3) is 4.83. The predicted molar refractivity (Wildman–Crippen MR) is 146 cm³/mol. The quantitative estimate of drug-likeness (QED) is 0.287. The molecule has 0 aliphatic carbocycles. The van der Waals surface area contributed by atoms with Crippen molar-refractivity contribution in [2.24, 2.45) is 11.3 Å². The molecule has 0 aromatic heterocycles. The summed E-state index contributed by atoms with van der Waals surface area (Å²) in [5.74, 6) is -5.47. The van der Waals surface area contributed by atoms with Crippen LogP contribution < -0.4 is 15.6 Å². The Kier molecular flexibility index (Phi) is 7.75. The number of rotatable bonds is 8. The van der Waals surface area contributed by atoms with Gasteiger partial charge in [-0.2, -0.15) is 5.01 Å². The molecule has 9 nitrogen and oxygen atoms in total. The summed E-state index contributed by atoms with van der Waals surface area (Å²) in [5.41, 5.74) is 1.19. The van der Waals surface area contributed by atoms with E-state index in [2.05, 4.69) is 10.7 Å². The van der Waals surface area contributed by atoms with Crippen molar-refractivity contribution in [2.75, 3.05) is 16.8 Å². The zero-order valence-corrected chi connectivity index (χ0v) is 21.7. The smallest absolute Gasteiger partial charge is 0.307 e. The largest absolute Gasteiger partial charge is 0.481 e. The lowest BCUT2D eigenvalue weighted by Gasteiger charge is -2.46. The first-order valence-electron chi connectivity index (χ1n) is 11.5. The lowest BCUT2D eigenvalue weighted by Crippen LogP contribution is -2.72. The van der Waals surface area contributed by atoms with Crippen LogP contribution in [0, 0.1) is 11.3 Å². The normalized spacial score (nSPS) is 18.2. The van der Waals surface area contributed by atoms with Gasteiger partial charge in [0.25, 0.3) is 17.7 Å². The Bertz CT molecular complexity index is 1400. The second-order valence-electron chi connectivity index (χ2n) is 8.57. The number of carboxylic acid groups (broad SMARTS) is 1. The molecule has 1 aliphatic heterocycles. The van der Waals surface area contributed by atoms with E-state index >= 15 is 0 Å². The van der Waals surface area contributed by atoms with Crippen LogP contribution in [-0.2, 0) is 14.4 Å². The van der Waals surface area contributed by atoms with Crippen molar-refractivity contribution in [2.45, 2.75) is 6.92 Å². The summed E-state index contributed by atoms with van der Waals surface area (Å²) in [5, 5.41) is 13.6. The van der Waals surface area contributed by atoms with Gasteiger partial charge in [-0.15, -0.1) is 0 Å². The minimum absolute atomic E-state index is 0.0622. The highest BCUT2D eigenvalue weighted by Gasteiger charge is 2.62. The fraction of sp³-hybridized carbons (Fsp3) is 0.148. The molecule has 0 bridgehead atoms. The standard InChI is InChI=1S/C27H23ClN4O5S/c1-17(23(34)35)27(16-29-18-10-4-2-5-11-18)24(36)31(19-12-6-3-7-13-19)26(38)32(25(27)37)30-22(33)20-14-8-9-15-21(20)28/h2-15,17,29H,16H2,1H3,(H,30,33)(H,34,35). The van der Waals surface area contributed by atoms with Crippen molar-refractivity contribution >= 4 is 64.0 Å². The summed E-state index contributed by atoms with van der Waals surface area (Å²) in [4.78, 5) is 54.8. The summed E-state index contributed by atoms with van der Waals surface area (Å²) in [6.07, 6.45) is 0. The van der Waals surface area contributed by atoms with Gasteiger partial charge in [0.15, 0.2) is 5.41 Å². The number of nitrogens with zero attached hydrogens (tertiary/aromatic N) is 2. The minimum atomic E-state index is -2.19. The van der Waals surface area contributed by atoms with Gasteiger partial charge in [0.05, 0.1) is 22.2 Å². The zero-order chi connectivity index (χ0) is 27.4. The van der Waals surface area contributed by atoms with Gasteiger partial charge in [-0.1, -0.05) is 67.1 Å². The van der Waals surface area contributed by atoms with Crippen LogP contribution in [0.25, 0.3) is 0 Å². The van der Waals surface area contributed by atoms with E-state index in [0.717, 1.165) is 9.91 Å². The van der Waals surface area contributed by atoms with Gasteiger partial charge in [-0.3, -0.25) is 29.5 Å².